The van der Waals surface area contributed by atoms with Crippen LogP contribution in [0.5, 0.6) is 5.75 Å². The standard InChI is InChI=1S/C19H17N5O4S/c1-2-11-23-18(13-7-3-6-10-16(13)25)21-22-19(23)29-12-17(26)20-14-8-4-5-9-15(14)24(27)28/h2-10,25H,1,11-12H2,(H,20,26). The molecule has 1 aromatic heterocycles. The molecule has 3 rings (SSSR count). The van der Waals surface area contributed by atoms with Crippen molar-refractivity contribution < 1.29 is 14.8 Å². The van der Waals surface area contributed by atoms with Gasteiger partial charge in [0, 0.05) is 12.6 Å². The fourth-order valence-electron chi connectivity index (χ4n) is 2.61. The van der Waals surface area contributed by atoms with Crippen molar-refractivity contribution in [1.29, 1.82) is 0 Å². The number of thioether (sulfide) groups is 1. The summed E-state index contributed by atoms with van der Waals surface area (Å²) in [7, 11) is 0. The second-order valence-corrected chi connectivity index (χ2v) is 6.78. The van der Waals surface area contributed by atoms with Crippen LogP contribution in [0, 0.1) is 10.1 Å². The van der Waals surface area contributed by atoms with Crippen LogP contribution in [0.2, 0.25) is 0 Å². The molecule has 2 aromatic carbocycles. The average Bonchev–Trinajstić information content (AvgIpc) is 3.10. The van der Waals surface area contributed by atoms with E-state index in [1.807, 2.05) is 0 Å². The van der Waals surface area contributed by atoms with Crippen molar-refractivity contribution in [2.24, 2.45) is 0 Å². The molecule has 0 radical (unpaired) electrons. The topological polar surface area (TPSA) is 123 Å². The zero-order valence-electron chi connectivity index (χ0n) is 15.2. The van der Waals surface area contributed by atoms with Crippen molar-refractivity contribution >= 4 is 29.0 Å². The van der Waals surface area contributed by atoms with Crippen molar-refractivity contribution in [2.75, 3.05) is 11.1 Å². The monoisotopic (exact) mass is 411 g/mol. The maximum absolute atomic E-state index is 12.3. The summed E-state index contributed by atoms with van der Waals surface area (Å²) in [6, 6.07) is 12.7. The number of carbonyl (C=O) groups is 1. The summed E-state index contributed by atoms with van der Waals surface area (Å²) < 4.78 is 1.73. The van der Waals surface area contributed by atoms with Gasteiger partial charge in [-0.05, 0) is 18.2 Å². The lowest BCUT2D eigenvalue weighted by molar-refractivity contribution is -0.383. The number of anilines is 1. The number of aromatic nitrogens is 3. The molecule has 0 fully saturated rings. The van der Waals surface area contributed by atoms with E-state index in [4.69, 9.17) is 0 Å². The molecular formula is C19H17N5O4S. The summed E-state index contributed by atoms with van der Waals surface area (Å²) in [6.07, 6.45) is 1.66. The summed E-state index contributed by atoms with van der Waals surface area (Å²) >= 11 is 1.13. The molecule has 1 heterocycles. The van der Waals surface area contributed by atoms with E-state index in [0.717, 1.165) is 11.8 Å². The Morgan fingerprint density at radius 2 is 1.97 bits per heavy atom. The van der Waals surface area contributed by atoms with E-state index in [1.54, 1.807) is 41.0 Å². The number of nitrogens with zero attached hydrogens (tertiary/aromatic N) is 4. The Hall–Kier alpha value is -3.66. The van der Waals surface area contributed by atoms with Crippen molar-refractivity contribution in [2.45, 2.75) is 11.7 Å². The molecule has 0 atom stereocenters. The summed E-state index contributed by atoms with van der Waals surface area (Å²) in [5.41, 5.74) is 0.464. The number of benzene rings is 2. The highest BCUT2D eigenvalue weighted by Crippen LogP contribution is 2.30. The van der Waals surface area contributed by atoms with Gasteiger partial charge in [-0.2, -0.15) is 0 Å². The highest BCUT2D eigenvalue weighted by atomic mass is 32.2. The van der Waals surface area contributed by atoms with Crippen LogP contribution in [-0.4, -0.2) is 36.5 Å². The molecule has 0 unspecified atom stereocenters. The van der Waals surface area contributed by atoms with E-state index < -0.39 is 10.8 Å². The minimum atomic E-state index is -0.553. The van der Waals surface area contributed by atoms with E-state index in [-0.39, 0.29) is 22.9 Å². The van der Waals surface area contributed by atoms with E-state index in [1.165, 1.54) is 18.2 Å². The quantitative estimate of drug-likeness (QED) is 0.252. The third kappa shape index (κ3) is 4.61. The first kappa shape index (κ1) is 20.1. The third-order valence-electron chi connectivity index (χ3n) is 3.88. The van der Waals surface area contributed by atoms with Gasteiger partial charge in [-0.1, -0.05) is 42.1 Å². The van der Waals surface area contributed by atoms with Gasteiger partial charge in [-0.25, -0.2) is 0 Å². The molecule has 3 aromatic rings. The van der Waals surface area contributed by atoms with Crippen molar-refractivity contribution in [3.63, 3.8) is 0 Å². The molecule has 148 valence electrons. The number of phenolic OH excluding ortho intramolecular Hbond substituents is 1. The summed E-state index contributed by atoms with van der Waals surface area (Å²) in [6.45, 7) is 4.10. The fraction of sp³-hybridized carbons (Fsp3) is 0.105. The molecule has 0 spiro atoms. The Morgan fingerprint density at radius 3 is 2.69 bits per heavy atom. The number of aromatic hydroxyl groups is 1. The maximum Gasteiger partial charge on any atom is 0.292 e. The SMILES string of the molecule is C=CCn1c(SCC(=O)Nc2ccccc2[N+](=O)[O-])nnc1-c1ccccc1O. The minimum Gasteiger partial charge on any atom is -0.507 e. The van der Waals surface area contributed by atoms with Crippen LogP contribution in [0.25, 0.3) is 11.4 Å². The lowest BCUT2D eigenvalue weighted by Gasteiger charge is -2.09. The predicted octanol–water partition coefficient (Wildman–Crippen LogP) is 3.48. The van der Waals surface area contributed by atoms with Gasteiger partial charge in [-0.15, -0.1) is 16.8 Å². The van der Waals surface area contributed by atoms with Crippen LogP contribution in [0.4, 0.5) is 11.4 Å². The largest absolute Gasteiger partial charge is 0.507 e. The number of para-hydroxylation sites is 3. The van der Waals surface area contributed by atoms with Crippen LogP contribution >= 0.6 is 11.8 Å². The van der Waals surface area contributed by atoms with E-state index >= 15 is 0 Å². The molecule has 0 saturated heterocycles. The first-order valence-electron chi connectivity index (χ1n) is 8.49. The minimum absolute atomic E-state index is 0.0257. The second kappa shape index (κ2) is 9.02. The third-order valence-corrected chi connectivity index (χ3v) is 4.85. The van der Waals surface area contributed by atoms with Crippen molar-refractivity contribution in [3.8, 4) is 17.1 Å². The van der Waals surface area contributed by atoms with Gasteiger partial charge in [0.2, 0.25) is 5.91 Å². The molecule has 1 amide bonds. The number of rotatable bonds is 8. The molecule has 0 aliphatic rings. The Kier molecular flexibility index (Phi) is 6.25. The average molecular weight is 411 g/mol. The molecular weight excluding hydrogens is 394 g/mol. The van der Waals surface area contributed by atoms with Crippen LogP contribution in [0.1, 0.15) is 0 Å². The Balaban J connectivity index is 1.76. The van der Waals surface area contributed by atoms with Gasteiger partial charge >= 0.3 is 0 Å². The lowest BCUT2D eigenvalue weighted by atomic mass is 10.2. The fourth-order valence-corrected chi connectivity index (χ4v) is 3.35. The zero-order valence-corrected chi connectivity index (χ0v) is 16.0. The molecule has 0 aliphatic heterocycles. The molecule has 0 aliphatic carbocycles. The van der Waals surface area contributed by atoms with E-state index in [0.29, 0.717) is 23.1 Å². The number of hydrogen-bond donors (Lipinski definition) is 2. The summed E-state index contributed by atoms with van der Waals surface area (Å²) in [5.74, 6) is 0.0734. The first-order chi connectivity index (χ1) is 14.0. The molecule has 10 heteroatoms. The molecule has 29 heavy (non-hydrogen) atoms. The zero-order chi connectivity index (χ0) is 20.8. The van der Waals surface area contributed by atoms with E-state index in [9.17, 15) is 20.0 Å². The number of nitro benzene ring substituents is 1. The number of carbonyl (C=O) groups excluding carboxylic acids is 1. The van der Waals surface area contributed by atoms with Gasteiger partial charge in [0.05, 0.1) is 16.2 Å². The van der Waals surface area contributed by atoms with Gasteiger partial charge in [0.15, 0.2) is 11.0 Å². The number of phenols is 1. The van der Waals surface area contributed by atoms with Crippen molar-refractivity contribution in [3.05, 3.63) is 71.3 Å². The van der Waals surface area contributed by atoms with Gasteiger partial charge in [0.1, 0.15) is 11.4 Å². The molecule has 0 bridgehead atoms. The smallest absolute Gasteiger partial charge is 0.292 e. The van der Waals surface area contributed by atoms with E-state index in [2.05, 4.69) is 22.1 Å². The van der Waals surface area contributed by atoms with Gasteiger partial charge < -0.3 is 10.4 Å². The lowest BCUT2D eigenvalue weighted by Crippen LogP contribution is -2.15. The Labute approximate surface area is 170 Å². The van der Waals surface area contributed by atoms with Gasteiger partial charge in [-0.3, -0.25) is 19.5 Å². The number of allylic oxidation sites excluding steroid dienone is 1. The van der Waals surface area contributed by atoms with Crippen LogP contribution in [0.15, 0.2) is 66.3 Å². The summed E-state index contributed by atoms with van der Waals surface area (Å²) in [5, 5.41) is 32.4. The Bertz CT molecular complexity index is 1070. The second-order valence-electron chi connectivity index (χ2n) is 5.83. The number of nitrogens with one attached hydrogen (secondary N) is 1. The number of amides is 1. The molecule has 0 saturated carbocycles. The molecule has 2 N–H and O–H groups in total. The normalized spacial score (nSPS) is 10.5. The number of nitro groups is 1. The van der Waals surface area contributed by atoms with Crippen molar-refractivity contribution in [1.82, 2.24) is 14.8 Å². The van der Waals surface area contributed by atoms with Crippen LogP contribution in [-0.2, 0) is 11.3 Å². The van der Waals surface area contributed by atoms with Crippen LogP contribution < -0.4 is 5.32 Å². The first-order valence-corrected chi connectivity index (χ1v) is 9.48. The molecule has 9 nitrogen and oxygen atoms in total. The van der Waals surface area contributed by atoms with Crippen LogP contribution in [0.3, 0.4) is 0 Å². The highest BCUT2D eigenvalue weighted by molar-refractivity contribution is 7.99. The predicted molar refractivity (Wildman–Crippen MR) is 110 cm³/mol. The summed E-state index contributed by atoms with van der Waals surface area (Å²) in [4.78, 5) is 22.8. The van der Waals surface area contributed by atoms with Gasteiger partial charge in [0.25, 0.3) is 5.69 Å². The highest BCUT2D eigenvalue weighted by Gasteiger charge is 2.18. The number of hydrogen-bond acceptors (Lipinski definition) is 7. The maximum atomic E-state index is 12.3. The Morgan fingerprint density at radius 1 is 1.24 bits per heavy atom.